The Balaban J connectivity index is 2.64. The maximum atomic E-state index is 11.5. The van der Waals surface area contributed by atoms with E-state index in [1.54, 1.807) is 12.3 Å². The second-order valence-electron chi connectivity index (χ2n) is 2.87. The molecule has 2 rings (SSSR count). The Morgan fingerprint density at radius 2 is 1.85 bits per heavy atom. The monoisotopic (exact) mass is 171 g/mol. The van der Waals surface area contributed by atoms with Crippen molar-refractivity contribution in [3.8, 4) is 0 Å². The van der Waals surface area contributed by atoms with Crippen LogP contribution in [0.3, 0.4) is 0 Å². The van der Waals surface area contributed by atoms with E-state index in [1.807, 2.05) is 18.2 Å². The Bertz CT molecular complexity index is 404. The summed E-state index contributed by atoms with van der Waals surface area (Å²) in [5.41, 5.74) is 2.34. The van der Waals surface area contributed by atoms with Crippen LogP contribution >= 0.6 is 0 Å². The molecular formula is C11H9NO. The van der Waals surface area contributed by atoms with Crippen LogP contribution < -0.4 is 5.32 Å². The molecule has 0 aliphatic carbocycles. The van der Waals surface area contributed by atoms with Gasteiger partial charge in [0.2, 0.25) is 0 Å². The molecule has 0 fully saturated rings. The van der Waals surface area contributed by atoms with Gasteiger partial charge in [0.25, 0.3) is 0 Å². The standard InChI is InChI=1S/C11H9NO/c1-8-9-4-2-3-5-10(9)11(13)6-7-12-8/h2-7,12H,1H2. The van der Waals surface area contributed by atoms with Crippen molar-refractivity contribution >= 4 is 11.5 Å². The SMILES string of the molecule is C=C1NC=CC(=O)c2ccccc21. The molecule has 0 amide bonds. The lowest BCUT2D eigenvalue weighted by Gasteiger charge is -2.05. The Labute approximate surface area is 76.6 Å². The van der Waals surface area contributed by atoms with Crippen LogP contribution in [0, 0.1) is 0 Å². The third kappa shape index (κ3) is 1.26. The molecule has 0 unspecified atom stereocenters. The lowest BCUT2D eigenvalue weighted by Crippen LogP contribution is -2.02. The number of hydrogen-bond donors (Lipinski definition) is 1. The van der Waals surface area contributed by atoms with Gasteiger partial charge in [0.15, 0.2) is 5.78 Å². The lowest BCUT2D eigenvalue weighted by atomic mass is 10.0. The minimum Gasteiger partial charge on any atom is -0.362 e. The highest BCUT2D eigenvalue weighted by atomic mass is 16.1. The molecule has 1 aromatic rings. The van der Waals surface area contributed by atoms with Crippen LogP contribution in [0.15, 0.2) is 43.1 Å². The second-order valence-corrected chi connectivity index (χ2v) is 2.87. The molecule has 13 heavy (non-hydrogen) atoms. The van der Waals surface area contributed by atoms with Gasteiger partial charge in [0.1, 0.15) is 0 Å². The Kier molecular flexibility index (Phi) is 1.74. The largest absolute Gasteiger partial charge is 0.362 e. The van der Waals surface area contributed by atoms with Crippen LogP contribution in [0.5, 0.6) is 0 Å². The predicted octanol–water partition coefficient (Wildman–Crippen LogP) is 1.96. The van der Waals surface area contributed by atoms with Gasteiger partial charge in [-0.05, 0) is 0 Å². The fourth-order valence-corrected chi connectivity index (χ4v) is 1.35. The van der Waals surface area contributed by atoms with Crippen molar-refractivity contribution in [3.63, 3.8) is 0 Å². The molecule has 0 saturated carbocycles. The van der Waals surface area contributed by atoms with Gasteiger partial charge in [-0.2, -0.15) is 0 Å². The molecule has 0 saturated heterocycles. The molecule has 0 aromatic heterocycles. The predicted molar refractivity (Wildman–Crippen MR) is 52.1 cm³/mol. The van der Waals surface area contributed by atoms with Crippen LogP contribution in [-0.4, -0.2) is 5.78 Å². The molecule has 1 heterocycles. The quantitative estimate of drug-likeness (QED) is 0.646. The highest BCUT2D eigenvalue weighted by Gasteiger charge is 2.12. The minimum absolute atomic E-state index is 0.0155. The summed E-state index contributed by atoms with van der Waals surface area (Å²) in [6, 6.07) is 7.43. The molecule has 64 valence electrons. The van der Waals surface area contributed by atoms with E-state index in [9.17, 15) is 4.79 Å². The van der Waals surface area contributed by atoms with Gasteiger partial charge in [-0.3, -0.25) is 4.79 Å². The van der Waals surface area contributed by atoms with Crippen molar-refractivity contribution in [1.29, 1.82) is 0 Å². The summed E-state index contributed by atoms with van der Waals surface area (Å²) in [5, 5.41) is 2.94. The van der Waals surface area contributed by atoms with E-state index in [2.05, 4.69) is 11.9 Å². The van der Waals surface area contributed by atoms with Crippen molar-refractivity contribution in [1.82, 2.24) is 5.32 Å². The summed E-state index contributed by atoms with van der Waals surface area (Å²) in [6.45, 7) is 3.84. The van der Waals surface area contributed by atoms with Crippen LogP contribution in [-0.2, 0) is 0 Å². The molecule has 0 spiro atoms. The Morgan fingerprint density at radius 1 is 1.15 bits per heavy atom. The van der Waals surface area contributed by atoms with Gasteiger partial charge in [-0.15, -0.1) is 0 Å². The zero-order valence-corrected chi connectivity index (χ0v) is 7.08. The van der Waals surface area contributed by atoms with Gasteiger partial charge in [0, 0.05) is 29.1 Å². The zero-order chi connectivity index (χ0) is 9.26. The number of hydrogen-bond acceptors (Lipinski definition) is 2. The number of benzene rings is 1. The van der Waals surface area contributed by atoms with E-state index in [1.165, 1.54) is 6.08 Å². The first kappa shape index (κ1) is 7.80. The average molecular weight is 171 g/mol. The number of nitrogens with one attached hydrogen (secondary N) is 1. The van der Waals surface area contributed by atoms with Crippen LogP contribution in [0.4, 0.5) is 0 Å². The van der Waals surface area contributed by atoms with E-state index in [4.69, 9.17) is 0 Å². The summed E-state index contributed by atoms with van der Waals surface area (Å²) < 4.78 is 0. The van der Waals surface area contributed by atoms with Crippen molar-refractivity contribution in [2.75, 3.05) is 0 Å². The van der Waals surface area contributed by atoms with Crippen LogP contribution in [0.25, 0.3) is 5.70 Å². The summed E-state index contributed by atoms with van der Waals surface area (Å²) >= 11 is 0. The highest BCUT2D eigenvalue weighted by Crippen LogP contribution is 2.18. The van der Waals surface area contributed by atoms with Crippen molar-refractivity contribution in [2.24, 2.45) is 0 Å². The zero-order valence-electron chi connectivity index (χ0n) is 7.08. The van der Waals surface area contributed by atoms with E-state index in [0.29, 0.717) is 5.56 Å². The van der Waals surface area contributed by atoms with E-state index >= 15 is 0 Å². The number of fused-ring (bicyclic) bond motifs is 1. The number of carbonyl (C=O) groups excluding carboxylic acids is 1. The van der Waals surface area contributed by atoms with Gasteiger partial charge >= 0.3 is 0 Å². The molecule has 1 aliphatic rings. The fourth-order valence-electron chi connectivity index (χ4n) is 1.35. The van der Waals surface area contributed by atoms with E-state index < -0.39 is 0 Å². The van der Waals surface area contributed by atoms with Gasteiger partial charge in [-0.1, -0.05) is 30.8 Å². The third-order valence-electron chi connectivity index (χ3n) is 2.01. The second kappa shape index (κ2) is 2.90. The topological polar surface area (TPSA) is 29.1 Å². The Hall–Kier alpha value is -1.83. The minimum atomic E-state index is 0.0155. The third-order valence-corrected chi connectivity index (χ3v) is 2.01. The normalized spacial score (nSPS) is 14.8. The molecule has 1 N–H and O–H groups in total. The summed E-state index contributed by atoms with van der Waals surface area (Å²) in [5.74, 6) is 0.0155. The molecule has 1 aromatic carbocycles. The summed E-state index contributed by atoms with van der Waals surface area (Å²) in [7, 11) is 0. The molecule has 0 bridgehead atoms. The average Bonchev–Trinajstić information content (AvgIpc) is 2.29. The number of allylic oxidation sites excluding steroid dienone is 1. The van der Waals surface area contributed by atoms with E-state index in [-0.39, 0.29) is 5.78 Å². The van der Waals surface area contributed by atoms with Crippen molar-refractivity contribution < 1.29 is 4.79 Å². The van der Waals surface area contributed by atoms with Crippen molar-refractivity contribution in [3.05, 3.63) is 54.2 Å². The summed E-state index contributed by atoms with van der Waals surface area (Å²) in [6.07, 6.45) is 3.13. The maximum absolute atomic E-state index is 11.5. The smallest absolute Gasteiger partial charge is 0.187 e. The van der Waals surface area contributed by atoms with Gasteiger partial charge < -0.3 is 5.32 Å². The van der Waals surface area contributed by atoms with Crippen LogP contribution in [0.1, 0.15) is 15.9 Å². The Morgan fingerprint density at radius 3 is 2.62 bits per heavy atom. The molecule has 2 heteroatoms. The van der Waals surface area contributed by atoms with Gasteiger partial charge in [0.05, 0.1) is 0 Å². The molecule has 0 atom stereocenters. The first-order valence-corrected chi connectivity index (χ1v) is 4.05. The first-order chi connectivity index (χ1) is 6.29. The van der Waals surface area contributed by atoms with Crippen LogP contribution in [0.2, 0.25) is 0 Å². The molecule has 2 nitrogen and oxygen atoms in total. The highest BCUT2D eigenvalue weighted by molar-refractivity contribution is 6.08. The summed E-state index contributed by atoms with van der Waals surface area (Å²) in [4.78, 5) is 11.5. The molecular weight excluding hydrogens is 162 g/mol. The maximum Gasteiger partial charge on any atom is 0.187 e. The number of ketones is 1. The fraction of sp³-hybridized carbons (Fsp3) is 0. The van der Waals surface area contributed by atoms with Crippen molar-refractivity contribution in [2.45, 2.75) is 0 Å². The lowest BCUT2D eigenvalue weighted by molar-refractivity contribution is 0.104. The number of rotatable bonds is 0. The molecule has 1 aliphatic heterocycles. The molecule has 0 radical (unpaired) electrons. The first-order valence-electron chi connectivity index (χ1n) is 4.05. The van der Waals surface area contributed by atoms with Gasteiger partial charge in [-0.25, -0.2) is 0 Å². The number of carbonyl (C=O) groups is 1. The van der Waals surface area contributed by atoms with E-state index in [0.717, 1.165) is 11.3 Å².